The second-order valence-corrected chi connectivity index (χ2v) is 4.95. The fraction of sp³-hybridized carbons (Fsp3) is 0.286. The van der Waals surface area contributed by atoms with Gasteiger partial charge in [0.05, 0.1) is 0 Å². The molecule has 0 saturated heterocycles. The van der Waals surface area contributed by atoms with E-state index in [1.54, 1.807) is 0 Å². The number of nitrogens with zero attached hydrogens (tertiary/aromatic N) is 1. The van der Waals surface area contributed by atoms with Crippen molar-refractivity contribution >= 4 is 12.2 Å². The summed E-state index contributed by atoms with van der Waals surface area (Å²) < 4.78 is 0.629. The molecule has 1 aromatic heterocycles. The normalized spacial score (nSPS) is 10.8. The third-order valence-electron chi connectivity index (χ3n) is 2.73. The maximum Gasteiger partial charge on any atom is 0.139 e. The van der Waals surface area contributed by atoms with Crippen molar-refractivity contribution in [1.82, 2.24) is 9.97 Å². The number of benzene rings is 1. The van der Waals surface area contributed by atoms with Crippen LogP contribution in [0.2, 0.25) is 0 Å². The average molecular weight is 244 g/mol. The van der Waals surface area contributed by atoms with E-state index in [2.05, 4.69) is 48.1 Å². The van der Waals surface area contributed by atoms with Crippen molar-refractivity contribution in [1.29, 1.82) is 0 Å². The Hall–Kier alpha value is -1.48. The summed E-state index contributed by atoms with van der Waals surface area (Å²) in [6.45, 7) is 6.37. The van der Waals surface area contributed by atoms with Gasteiger partial charge < -0.3 is 4.98 Å². The molecule has 0 aliphatic carbocycles. The Kier molecular flexibility index (Phi) is 3.38. The second kappa shape index (κ2) is 4.80. The first-order valence-corrected chi connectivity index (χ1v) is 6.15. The van der Waals surface area contributed by atoms with Crippen molar-refractivity contribution in [3.63, 3.8) is 0 Å². The van der Waals surface area contributed by atoms with Gasteiger partial charge >= 0.3 is 0 Å². The molecule has 0 fully saturated rings. The summed E-state index contributed by atoms with van der Waals surface area (Å²) >= 11 is 5.12. The molecule has 0 aliphatic heterocycles. The van der Waals surface area contributed by atoms with E-state index in [4.69, 9.17) is 12.2 Å². The van der Waals surface area contributed by atoms with Crippen LogP contribution >= 0.6 is 12.2 Å². The van der Waals surface area contributed by atoms with Crippen LogP contribution in [0.3, 0.4) is 0 Å². The molecule has 1 heterocycles. The lowest BCUT2D eigenvalue weighted by Gasteiger charge is -2.07. The Morgan fingerprint density at radius 1 is 1.18 bits per heavy atom. The minimum absolute atomic E-state index is 0.549. The molecule has 0 aliphatic rings. The minimum Gasteiger partial charge on any atom is -0.343 e. The molecule has 2 aromatic rings. The zero-order valence-electron chi connectivity index (χ0n) is 10.3. The van der Waals surface area contributed by atoms with E-state index in [0.29, 0.717) is 10.6 Å². The third-order valence-corrected chi connectivity index (χ3v) is 2.94. The van der Waals surface area contributed by atoms with Crippen LogP contribution in [0.25, 0.3) is 11.4 Å². The first-order valence-electron chi connectivity index (χ1n) is 5.74. The molecule has 2 nitrogen and oxygen atoms in total. The SMILES string of the molecule is Cc1cc(=S)nc(-c2ccc(C(C)C)cc2)[nH]1. The number of hydrogen-bond acceptors (Lipinski definition) is 2. The number of aromatic nitrogens is 2. The maximum absolute atomic E-state index is 5.12. The maximum atomic E-state index is 5.12. The minimum atomic E-state index is 0.549. The predicted molar refractivity (Wildman–Crippen MR) is 73.7 cm³/mol. The van der Waals surface area contributed by atoms with E-state index in [0.717, 1.165) is 17.1 Å². The zero-order valence-corrected chi connectivity index (χ0v) is 11.1. The molecule has 0 spiro atoms. The molecule has 88 valence electrons. The lowest BCUT2D eigenvalue weighted by atomic mass is 10.0. The van der Waals surface area contributed by atoms with E-state index in [9.17, 15) is 0 Å². The monoisotopic (exact) mass is 244 g/mol. The number of hydrogen-bond donors (Lipinski definition) is 1. The van der Waals surface area contributed by atoms with E-state index < -0.39 is 0 Å². The van der Waals surface area contributed by atoms with Gasteiger partial charge in [0.1, 0.15) is 10.5 Å². The van der Waals surface area contributed by atoms with Gasteiger partial charge in [-0.1, -0.05) is 50.3 Å². The van der Waals surface area contributed by atoms with Gasteiger partial charge in [0, 0.05) is 11.3 Å². The van der Waals surface area contributed by atoms with Crippen LogP contribution < -0.4 is 0 Å². The summed E-state index contributed by atoms with van der Waals surface area (Å²) in [5.41, 5.74) is 3.44. The molecule has 0 radical (unpaired) electrons. The highest BCUT2D eigenvalue weighted by Gasteiger charge is 2.02. The van der Waals surface area contributed by atoms with Crippen LogP contribution in [0.1, 0.15) is 31.0 Å². The van der Waals surface area contributed by atoms with E-state index in [-0.39, 0.29) is 0 Å². The Bertz CT molecular complexity index is 568. The number of aromatic amines is 1. The largest absolute Gasteiger partial charge is 0.343 e. The highest BCUT2D eigenvalue weighted by atomic mass is 32.1. The summed E-state index contributed by atoms with van der Waals surface area (Å²) in [6.07, 6.45) is 0. The lowest BCUT2D eigenvalue weighted by Crippen LogP contribution is -1.93. The third kappa shape index (κ3) is 2.80. The molecule has 2 rings (SSSR count). The second-order valence-electron chi connectivity index (χ2n) is 4.53. The van der Waals surface area contributed by atoms with Crippen molar-refractivity contribution in [3.05, 3.63) is 46.2 Å². The van der Waals surface area contributed by atoms with Gasteiger partial charge in [0.15, 0.2) is 0 Å². The quantitative estimate of drug-likeness (QED) is 0.800. The number of aryl methyl sites for hydroxylation is 1. The Morgan fingerprint density at radius 2 is 1.82 bits per heavy atom. The van der Waals surface area contributed by atoms with Crippen LogP contribution in [0, 0.1) is 11.6 Å². The molecule has 0 saturated carbocycles. The molecule has 1 aromatic carbocycles. The fourth-order valence-electron chi connectivity index (χ4n) is 1.74. The first kappa shape index (κ1) is 12.0. The van der Waals surface area contributed by atoms with Crippen LogP contribution in [-0.2, 0) is 0 Å². The summed E-state index contributed by atoms with van der Waals surface area (Å²) in [5, 5.41) is 0. The molecule has 1 N–H and O–H groups in total. The lowest BCUT2D eigenvalue weighted by molar-refractivity contribution is 0.867. The summed E-state index contributed by atoms with van der Waals surface area (Å²) in [5.74, 6) is 1.39. The molecule has 0 atom stereocenters. The number of H-pyrrole nitrogens is 1. The Morgan fingerprint density at radius 3 is 2.35 bits per heavy atom. The smallest absolute Gasteiger partial charge is 0.139 e. The van der Waals surface area contributed by atoms with Crippen molar-refractivity contribution in [2.24, 2.45) is 0 Å². The number of rotatable bonds is 2. The highest BCUT2D eigenvalue weighted by molar-refractivity contribution is 7.71. The standard InChI is InChI=1S/C14H16N2S/c1-9(2)11-4-6-12(7-5-11)14-15-10(3)8-13(17)16-14/h4-9H,1-3H3,(H,15,16,17). The van der Waals surface area contributed by atoms with Gasteiger partial charge in [-0.15, -0.1) is 0 Å². The van der Waals surface area contributed by atoms with Crippen molar-refractivity contribution in [2.45, 2.75) is 26.7 Å². The molecule has 0 bridgehead atoms. The van der Waals surface area contributed by atoms with Gasteiger partial charge in [0.2, 0.25) is 0 Å². The number of nitrogens with one attached hydrogen (secondary N) is 1. The topological polar surface area (TPSA) is 28.7 Å². The molecular weight excluding hydrogens is 228 g/mol. The first-order chi connectivity index (χ1) is 8.06. The molecule has 0 unspecified atom stereocenters. The summed E-state index contributed by atoms with van der Waals surface area (Å²) in [7, 11) is 0. The van der Waals surface area contributed by atoms with Gasteiger partial charge in [0.25, 0.3) is 0 Å². The Labute approximate surface area is 107 Å². The molecule has 0 amide bonds. The molecule has 3 heteroatoms. The van der Waals surface area contributed by atoms with Gasteiger partial charge in [-0.3, -0.25) is 0 Å². The van der Waals surface area contributed by atoms with Crippen LogP contribution in [0.5, 0.6) is 0 Å². The van der Waals surface area contributed by atoms with E-state index in [1.807, 2.05) is 13.0 Å². The molecular formula is C14H16N2S. The van der Waals surface area contributed by atoms with E-state index in [1.165, 1.54) is 5.56 Å². The van der Waals surface area contributed by atoms with Gasteiger partial charge in [-0.25, -0.2) is 4.98 Å². The molecule has 17 heavy (non-hydrogen) atoms. The van der Waals surface area contributed by atoms with Crippen molar-refractivity contribution < 1.29 is 0 Å². The van der Waals surface area contributed by atoms with Crippen LogP contribution in [0.4, 0.5) is 0 Å². The fourth-order valence-corrected chi connectivity index (χ4v) is 2.01. The summed E-state index contributed by atoms with van der Waals surface area (Å²) in [6, 6.07) is 10.3. The van der Waals surface area contributed by atoms with Gasteiger partial charge in [-0.05, 0) is 24.5 Å². The van der Waals surface area contributed by atoms with E-state index >= 15 is 0 Å². The zero-order chi connectivity index (χ0) is 12.4. The van der Waals surface area contributed by atoms with Crippen molar-refractivity contribution in [3.8, 4) is 11.4 Å². The van der Waals surface area contributed by atoms with Crippen LogP contribution in [0.15, 0.2) is 30.3 Å². The van der Waals surface area contributed by atoms with Gasteiger partial charge in [-0.2, -0.15) is 0 Å². The Balaban J connectivity index is 2.43. The highest BCUT2D eigenvalue weighted by Crippen LogP contribution is 2.20. The van der Waals surface area contributed by atoms with Crippen molar-refractivity contribution in [2.75, 3.05) is 0 Å². The van der Waals surface area contributed by atoms with Crippen LogP contribution in [-0.4, -0.2) is 9.97 Å². The average Bonchev–Trinajstić information content (AvgIpc) is 2.28. The predicted octanol–water partition coefficient (Wildman–Crippen LogP) is 4.24. The summed E-state index contributed by atoms with van der Waals surface area (Å²) in [4.78, 5) is 7.57.